The average Bonchev–Trinajstić information content (AvgIpc) is 3.95. The van der Waals surface area contributed by atoms with Gasteiger partial charge in [-0.05, 0) is 134 Å². The van der Waals surface area contributed by atoms with Crippen LogP contribution in [0.15, 0.2) is 72.8 Å². The maximum absolute atomic E-state index is 15.7. The van der Waals surface area contributed by atoms with E-state index in [1.54, 1.807) is 62.4 Å². The van der Waals surface area contributed by atoms with Gasteiger partial charge in [-0.3, -0.25) is 19.2 Å². The normalized spacial score (nSPS) is 32.8. The van der Waals surface area contributed by atoms with Gasteiger partial charge < -0.3 is 31.5 Å². The van der Waals surface area contributed by atoms with Gasteiger partial charge in [-0.25, -0.2) is 8.78 Å². The monoisotopic (exact) mass is 1090 g/mol. The van der Waals surface area contributed by atoms with Crippen molar-refractivity contribution in [2.75, 3.05) is 10.6 Å². The molecule has 2 amide bonds. The quantitative estimate of drug-likeness (QED) is 0.0917. The molecule has 0 bridgehead atoms. The molecule has 0 unspecified atom stereocenters. The molecule has 4 fully saturated rings. The third-order valence-corrected chi connectivity index (χ3v) is 17.5. The Kier molecular flexibility index (Phi) is 14.4. The van der Waals surface area contributed by atoms with Gasteiger partial charge in [0.1, 0.15) is 22.5 Å². The molecule has 2 aliphatic carbocycles. The van der Waals surface area contributed by atoms with Crippen LogP contribution in [0.5, 0.6) is 0 Å². The summed E-state index contributed by atoms with van der Waals surface area (Å²) in [5.41, 5.74) is -1.34. The zero-order valence-electron chi connectivity index (χ0n) is 43.0. The molecule has 4 aliphatic heterocycles. The molecule has 4 heterocycles. The number of ketones is 2. The van der Waals surface area contributed by atoms with Crippen LogP contribution in [0, 0.1) is 34.3 Å². The summed E-state index contributed by atoms with van der Waals surface area (Å²) in [5, 5.41) is 34.3. The van der Waals surface area contributed by atoms with E-state index in [1.807, 2.05) is 12.1 Å². The number of carbonyl (C=O) groups excluding carboxylic acids is 4. The van der Waals surface area contributed by atoms with Gasteiger partial charge >= 0.3 is 0 Å². The fraction of sp³-hybridized carbons (Fsp3) is 0.517. The molecule has 6 N–H and O–H groups in total. The molecule has 4 aromatic carbocycles. The molecular formula is C58H66Cl4F2N4O6. The number of fused-ring (bicyclic) bond motifs is 4. The lowest BCUT2D eigenvalue weighted by Crippen LogP contribution is -2.49. The van der Waals surface area contributed by atoms with Crippen molar-refractivity contribution >= 4 is 81.2 Å². The van der Waals surface area contributed by atoms with Gasteiger partial charge in [0.05, 0.1) is 33.3 Å². The third kappa shape index (κ3) is 9.86. The Balaban J connectivity index is 0.000000182. The second-order valence-corrected chi connectivity index (χ2v) is 26.8. The Labute approximate surface area is 452 Å². The van der Waals surface area contributed by atoms with Crippen LogP contribution in [-0.4, -0.2) is 69.0 Å². The maximum Gasteiger partial charge on any atom is 0.237 e. The van der Waals surface area contributed by atoms with Crippen LogP contribution in [-0.2, 0) is 30.0 Å². The summed E-state index contributed by atoms with van der Waals surface area (Å²) in [4.78, 5) is 56.0. The largest absolute Gasteiger partial charge is 0.390 e. The number of amides is 2. The Morgan fingerprint density at radius 2 is 0.946 bits per heavy atom. The van der Waals surface area contributed by atoms with Crippen molar-refractivity contribution in [2.45, 2.75) is 165 Å². The van der Waals surface area contributed by atoms with Crippen LogP contribution in [0.25, 0.3) is 0 Å². The van der Waals surface area contributed by atoms with Gasteiger partial charge in [-0.1, -0.05) is 124 Å². The second kappa shape index (κ2) is 19.5. The Bertz CT molecular complexity index is 2730. The first-order valence-electron chi connectivity index (χ1n) is 25.6. The summed E-state index contributed by atoms with van der Waals surface area (Å²) in [6.45, 7) is 16.0. The zero-order valence-corrected chi connectivity index (χ0v) is 46.0. The number of hydrogen-bond acceptors (Lipinski definition) is 8. The number of benzene rings is 4. The highest BCUT2D eigenvalue weighted by Crippen LogP contribution is 2.60. The number of halogens is 6. The van der Waals surface area contributed by atoms with Crippen molar-refractivity contribution in [1.82, 2.24) is 10.6 Å². The van der Waals surface area contributed by atoms with Crippen molar-refractivity contribution in [1.29, 1.82) is 0 Å². The molecule has 16 heteroatoms. The lowest BCUT2D eigenvalue weighted by atomic mass is 9.61. The second-order valence-electron chi connectivity index (χ2n) is 25.1. The van der Waals surface area contributed by atoms with E-state index in [4.69, 9.17) is 46.4 Å². The minimum Gasteiger partial charge on any atom is -0.390 e. The summed E-state index contributed by atoms with van der Waals surface area (Å²) < 4.78 is 31.5. The van der Waals surface area contributed by atoms with Gasteiger partial charge in [0.15, 0.2) is 11.6 Å². The molecule has 10 nitrogen and oxygen atoms in total. The van der Waals surface area contributed by atoms with Gasteiger partial charge in [0.2, 0.25) is 11.8 Å². The smallest absolute Gasteiger partial charge is 0.237 e. The van der Waals surface area contributed by atoms with Crippen molar-refractivity contribution in [3.8, 4) is 0 Å². The third-order valence-electron chi connectivity index (χ3n) is 16.5. The molecule has 74 heavy (non-hydrogen) atoms. The number of hydrogen-bond donors (Lipinski definition) is 6. The average molecular weight is 1090 g/mol. The van der Waals surface area contributed by atoms with E-state index >= 15 is 8.78 Å². The topological polar surface area (TPSA) is 157 Å². The number of rotatable bonds is 10. The van der Waals surface area contributed by atoms with E-state index in [0.29, 0.717) is 71.1 Å². The fourth-order valence-electron chi connectivity index (χ4n) is 13.9. The first kappa shape index (κ1) is 54.8. The van der Waals surface area contributed by atoms with Gasteiger partial charge in [0, 0.05) is 58.2 Å². The highest BCUT2D eigenvalue weighted by molar-refractivity contribution is 6.32. The molecule has 0 radical (unpaired) electrons. The molecule has 2 saturated carbocycles. The van der Waals surface area contributed by atoms with Crippen LogP contribution in [0.2, 0.25) is 20.1 Å². The van der Waals surface area contributed by atoms with Gasteiger partial charge in [-0.15, -0.1) is 0 Å². The molecule has 396 valence electrons. The molecule has 8 atom stereocenters. The van der Waals surface area contributed by atoms with Crippen molar-refractivity contribution in [3.05, 3.63) is 127 Å². The minimum absolute atomic E-state index is 0.0512. The molecule has 6 aliphatic rings. The molecular weight excluding hydrogens is 1030 g/mol. The van der Waals surface area contributed by atoms with Crippen molar-refractivity contribution in [3.63, 3.8) is 0 Å². The Hall–Kier alpha value is -3.98. The molecule has 2 spiro atoms. The Morgan fingerprint density at radius 1 is 0.595 bits per heavy atom. The predicted molar refractivity (Wildman–Crippen MR) is 287 cm³/mol. The zero-order chi connectivity index (χ0) is 53.8. The summed E-state index contributed by atoms with van der Waals surface area (Å²) in [6.07, 6.45) is 3.81. The van der Waals surface area contributed by atoms with Crippen LogP contribution < -0.4 is 21.3 Å². The van der Waals surface area contributed by atoms with Gasteiger partial charge in [0.25, 0.3) is 0 Å². The first-order valence-corrected chi connectivity index (χ1v) is 27.1. The van der Waals surface area contributed by atoms with E-state index in [2.05, 4.69) is 62.8 Å². The number of aliphatic hydroxyl groups is 2. The molecule has 10 rings (SSSR count). The predicted octanol–water partition coefficient (Wildman–Crippen LogP) is 12.0. The SMILES string of the molecule is CC(C)(C)C[C@@H]1N[C@@H](C(=O)CC2CC(C)(O)C2)[C@H](c2cccc(Cl)c2F)[C@]12C(=O)Nc1cc(Cl)ccc12.CC(C)(C)C[C@H]1N[C@@H](C(=O)CC2CC(C)(O)C2)[C@H](c2cccc(Cl)c2F)[C@@]12C(=O)Nc1cc(Cl)ccc12. The number of anilines is 2. The van der Waals surface area contributed by atoms with Crippen LogP contribution in [0.1, 0.15) is 141 Å². The highest BCUT2D eigenvalue weighted by atomic mass is 35.5. The van der Waals surface area contributed by atoms with E-state index in [-0.39, 0.29) is 80.1 Å². The number of nitrogens with one attached hydrogen (secondary N) is 4. The summed E-state index contributed by atoms with van der Waals surface area (Å²) >= 11 is 25.0. The standard InChI is InChI=1S/2C29H33Cl2FN2O3/c2*1-27(2,3)14-22-29(18-9-8-16(30)11-20(18)33-26(29)36)23(17-6-5-7-19(31)24(17)32)25(34-22)21(35)10-15-12-28(4,37)13-15/h2*5-9,11,15,22-23,25,34,37H,10,12-14H2,1-4H3,(H,33,36)/t15?,22-,23+,25+,28?,29+;15?,22-,23-,25-,28?,29+/m10/s1. The fourth-order valence-corrected chi connectivity index (χ4v) is 14.6. The van der Waals surface area contributed by atoms with E-state index in [9.17, 15) is 29.4 Å². The minimum atomic E-state index is -1.25. The molecule has 0 aromatic heterocycles. The van der Waals surface area contributed by atoms with E-state index in [1.165, 1.54) is 12.1 Å². The first-order chi connectivity index (χ1) is 34.5. The van der Waals surface area contributed by atoms with E-state index < -0.39 is 69.7 Å². The summed E-state index contributed by atoms with van der Waals surface area (Å²) in [5.74, 6) is -3.52. The lowest BCUT2D eigenvalue weighted by molar-refractivity contribution is -0.128. The van der Waals surface area contributed by atoms with Crippen LogP contribution in [0.3, 0.4) is 0 Å². The Morgan fingerprint density at radius 3 is 1.27 bits per heavy atom. The summed E-state index contributed by atoms with van der Waals surface area (Å²) in [6, 6.07) is 17.5. The number of Topliss-reactive ketones (excluding diaryl/α,β-unsaturated/α-hetero) is 2. The highest BCUT2D eigenvalue weighted by Gasteiger charge is 2.68. The summed E-state index contributed by atoms with van der Waals surface area (Å²) in [7, 11) is 0. The number of carbonyl (C=O) groups is 4. The van der Waals surface area contributed by atoms with Crippen molar-refractivity contribution < 1.29 is 38.2 Å². The van der Waals surface area contributed by atoms with Gasteiger partial charge in [-0.2, -0.15) is 0 Å². The van der Waals surface area contributed by atoms with Crippen molar-refractivity contribution in [2.24, 2.45) is 22.7 Å². The molecule has 4 aromatic rings. The van der Waals surface area contributed by atoms with Crippen LogP contribution >= 0.6 is 46.4 Å². The molecule has 2 saturated heterocycles. The maximum atomic E-state index is 15.7. The van der Waals surface area contributed by atoms with E-state index in [0.717, 1.165) is 0 Å². The van der Waals surface area contributed by atoms with Crippen LogP contribution in [0.4, 0.5) is 20.2 Å². The lowest BCUT2D eigenvalue weighted by Gasteiger charge is -2.41.